The number of allylic oxidation sites excluding steroid dienone is 1. The molecule has 0 aliphatic heterocycles. The monoisotopic (exact) mass is 194 g/mol. The summed E-state index contributed by atoms with van der Waals surface area (Å²) in [6, 6.07) is 11.2. The van der Waals surface area contributed by atoms with Gasteiger partial charge in [0.25, 0.3) is 0 Å². The van der Waals surface area contributed by atoms with Crippen LogP contribution in [0.1, 0.15) is 23.6 Å². The van der Waals surface area contributed by atoms with Crippen molar-refractivity contribution in [2.45, 2.75) is 20.3 Å². The summed E-state index contributed by atoms with van der Waals surface area (Å²) in [5.41, 5.74) is 5.72. The molecule has 0 saturated heterocycles. The van der Waals surface area contributed by atoms with Crippen LogP contribution < -0.4 is 0 Å². The lowest BCUT2D eigenvalue weighted by molar-refractivity contribution is 1.20. The summed E-state index contributed by atoms with van der Waals surface area (Å²) in [6.45, 7) is 4.35. The molecule has 0 unspecified atom stereocenters. The summed E-state index contributed by atoms with van der Waals surface area (Å²) < 4.78 is 0. The van der Waals surface area contributed by atoms with Crippen molar-refractivity contribution in [2.75, 3.05) is 0 Å². The van der Waals surface area contributed by atoms with Crippen LogP contribution in [0.15, 0.2) is 35.9 Å². The highest BCUT2D eigenvalue weighted by molar-refractivity contribution is 5.94. The van der Waals surface area contributed by atoms with E-state index in [0.29, 0.717) is 0 Å². The van der Waals surface area contributed by atoms with Gasteiger partial charge in [-0.3, -0.25) is 0 Å². The van der Waals surface area contributed by atoms with E-state index in [4.69, 9.17) is 0 Å². The number of hydrogen-bond donors (Lipinski definition) is 0. The Balaban J connectivity index is 2.39. The van der Waals surface area contributed by atoms with Gasteiger partial charge in [-0.05, 0) is 42.2 Å². The minimum Gasteiger partial charge on any atom is -0.0683 e. The summed E-state index contributed by atoms with van der Waals surface area (Å²) in [4.78, 5) is 0. The van der Waals surface area contributed by atoms with Gasteiger partial charge in [-0.1, -0.05) is 47.5 Å². The van der Waals surface area contributed by atoms with Gasteiger partial charge >= 0.3 is 0 Å². The molecule has 0 fully saturated rings. The number of hydrogen-bond acceptors (Lipinski definition) is 0. The molecule has 0 aromatic heterocycles. The molecule has 0 spiro atoms. The first-order valence-electron chi connectivity index (χ1n) is 5.43. The molecule has 0 radical (unpaired) electrons. The van der Waals surface area contributed by atoms with Crippen LogP contribution in [0.4, 0.5) is 0 Å². The number of aryl methyl sites for hydroxylation is 1. The third kappa shape index (κ3) is 1.29. The van der Waals surface area contributed by atoms with Crippen LogP contribution in [0.3, 0.4) is 0 Å². The van der Waals surface area contributed by atoms with E-state index in [1.54, 1.807) is 0 Å². The normalized spacial score (nSPS) is 14.1. The van der Waals surface area contributed by atoms with Gasteiger partial charge < -0.3 is 0 Å². The zero-order chi connectivity index (χ0) is 10.4. The molecule has 3 rings (SSSR count). The first-order chi connectivity index (χ1) is 7.24. The Morgan fingerprint density at radius 2 is 1.87 bits per heavy atom. The van der Waals surface area contributed by atoms with Crippen LogP contribution >= 0.6 is 0 Å². The predicted molar refractivity (Wildman–Crippen MR) is 66.0 cm³/mol. The lowest BCUT2D eigenvalue weighted by Gasteiger charge is -2.05. The summed E-state index contributed by atoms with van der Waals surface area (Å²) in [5.74, 6) is 0. The minimum atomic E-state index is 1.12. The first kappa shape index (κ1) is 8.72. The van der Waals surface area contributed by atoms with E-state index in [2.05, 4.69) is 50.3 Å². The molecule has 1 aliphatic carbocycles. The van der Waals surface area contributed by atoms with Gasteiger partial charge in [-0.15, -0.1) is 0 Å². The summed E-state index contributed by atoms with van der Waals surface area (Å²) >= 11 is 0. The Hall–Kier alpha value is -1.56. The van der Waals surface area contributed by atoms with Gasteiger partial charge in [0.05, 0.1) is 0 Å². The van der Waals surface area contributed by atoms with Crippen molar-refractivity contribution in [3.8, 4) is 0 Å². The van der Waals surface area contributed by atoms with Crippen molar-refractivity contribution >= 4 is 16.8 Å². The Morgan fingerprint density at radius 1 is 1.00 bits per heavy atom. The van der Waals surface area contributed by atoms with Crippen molar-refractivity contribution in [1.82, 2.24) is 0 Å². The molecule has 0 atom stereocenters. The standard InChI is InChI=1S/C15H14/c1-10-3-6-14-12(7-10)4-5-13-8-11(2)9-15(13)14/h3-7,9H,8H2,1-2H3. The summed E-state index contributed by atoms with van der Waals surface area (Å²) in [6.07, 6.45) is 3.45. The molecule has 0 saturated carbocycles. The quantitative estimate of drug-likeness (QED) is 0.592. The van der Waals surface area contributed by atoms with Crippen molar-refractivity contribution in [3.63, 3.8) is 0 Å². The Morgan fingerprint density at radius 3 is 2.73 bits per heavy atom. The van der Waals surface area contributed by atoms with E-state index in [9.17, 15) is 0 Å². The van der Waals surface area contributed by atoms with E-state index in [0.717, 1.165) is 6.42 Å². The SMILES string of the molecule is CC1=Cc2c(ccc3cc(C)ccc23)C1. The van der Waals surface area contributed by atoms with Crippen LogP contribution in [0, 0.1) is 6.92 Å². The zero-order valence-corrected chi connectivity index (χ0v) is 9.17. The molecule has 2 aromatic rings. The van der Waals surface area contributed by atoms with Gasteiger partial charge in [-0.25, -0.2) is 0 Å². The highest BCUT2D eigenvalue weighted by Gasteiger charge is 2.11. The second-order valence-electron chi connectivity index (χ2n) is 4.53. The van der Waals surface area contributed by atoms with Crippen LogP contribution in [-0.4, -0.2) is 0 Å². The maximum absolute atomic E-state index is 2.33. The third-order valence-corrected chi connectivity index (χ3v) is 3.17. The van der Waals surface area contributed by atoms with Crippen LogP contribution in [0.25, 0.3) is 16.8 Å². The zero-order valence-electron chi connectivity index (χ0n) is 9.17. The fourth-order valence-electron chi connectivity index (χ4n) is 2.44. The van der Waals surface area contributed by atoms with Crippen LogP contribution in [-0.2, 0) is 6.42 Å². The molecular formula is C15H14. The maximum atomic E-state index is 2.33. The molecule has 0 N–H and O–H groups in total. The van der Waals surface area contributed by atoms with E-state index in [1.807, 2.05) is 0 Å². The second kappa shape index (κ2) is 2.96. The molecule has 0 heteroatoms. The fourth-order valence-corrected chi connectivity index (χ4v) is 2.44. The topological polar surface area (TPSA) is 0 Å². The third-order valence-electron chi connectivity index (χ3n) is 3.17. The number of benzene rings is 2. The highest BCUT2D eigenvalue weighted by atomic mass is 14.2. The highest BCUT2D eigenvalue weighted by Crippen LogP contribution is 2.31. The van der Waals surface area contributed by atoms with Crippen molar-refractivity contribution < 1.29 is 0 Å². The second-order valence-corrected chi connectivity index (χ2v) is 4.53. The molecule has 0 amide bonds. The van der Waals surface area contributed by atoms with Crippen LogP contribution in [0.2, 0.25) is 0 Å². The molecular weight excluding hydrogens is 180 g/mol. The first-order valence-corrected chi connectivity index (χ1v) is 5.43. The predicted octanol–water partition coefficient (Wildman–Crippen LogP) is 4.11. The average molecular weight is 194 g/mol. The smallest absolute Gasteiger partial charge is 0.00604 e. The van der Waals surface area contributed by atoms with Gasteiger partial charge in [0, 0.05) is 0 Å². The molecule has 0 heterocycles. The minimum absolute atomic E-state index is 1.12. The van der Waals surface area contributed by atoms with E-state index in [1.165, 1.54) is 33.0 Å². The van der Waals surface area contributed by atoms with Gasteiger partial charge in [-0.2, -0.15) is 0 Å². The van der Waals surface area contributed by atoms with Crippen LogP contribution in [0.5, 0.6) is 0 Å². The van der Waals surface area contributed by atoms with Gasteiger partial charge in [0.2, 0.25) is 0 Å². The molecule has 0 bridgehead atoms. The van der Waals surface area contributed by atoms with Crippen molar-refractivity contribution in [3.05, 3.63) is 52.6 Å². The fraction of sp³-hybridized carbons (Fsp3) is 0.200. The molecule has 15 heavy (non-hydrogen) atoms. The van der Waals surface area contributed by atoms with Gasteiger partial charge in [0.1, 0.15) is 0 Å². The average Bonchev–Trinajstić information content (AvgIpc) is 2.58. The number of fused-ring (bicyclic) bond motifs is 3. The lowest BCUT2D eigenvalue weighted by Crippen LogP contribution is -1.85. The Bertz CT molecular complexity index is 574. The lowest BCUT2D eigenvalue weighted by atomic mass is 9.99. The van der Waals surface area contributed by atoms with Gasteiger partial charge in [0.15, 0.2) is 0 Å². The van der Waals surface area contributed by atoms with Crippen molar-refractivity contribution in [2.24, 2.45) is 0 Å². The van der Waals surface area contributed by atoms with E-state index >= 15 is 0 Å². The number of rotatable bonds is 0. The summed E-state index contributed by atoms with van der Waals surface area (Å²) in [5, 5.41) is 2.76. The molecule has 0 nitrogen and oxygen atoms in total. The molecule has 2 aromatic carbocycles. The molecule has 1 aliphatic rings. The van der Waals surface area contributed by atoms with E-state index in [-0.39, 0.29) is 0 Å². The largest absolute Gasteiger partial charge is 0.0683 e. The van der Waals surface area contributed by atoms with E-state index < -0.39 is 0 Å². The summed E-state index contributed by atoms with van der Waals surface area (Å²) in [7, 11) is 0. The Labute approximate surface area is 90.2 Å². The molecule has 74 valence electrons. The van der Waals surface area contributed by atoms with Crippen molar-refractivity contribution in [1.29, 1.82) is 0 Å². The maximum Gasteiger partial charge on any atom is -0.00604 e. The Kier molecular flexibility index (Phi) is 1.72.